The topological polar surface area (TPSA) is 70.2 Å². The van der Waals surface area contributed by atoms with E-state index in [4.69, 9.17) is 0 Å². The SMILES string of the molecule is CNCC(C)C(=O)NCc1cccc(NC(=O)c2ccc(F)cc2)c1.Cl. The van der Waals surface area contributed by atoms with Gasteiger partial charge in [-0.15, -0.1) is 12.4 Å². The first-order chi connectivity index (χ1) is 12.0. The molecule has 0 aliphatic heterocycles. The average Bonchev–Trinajstić information content (AvgIpc) is 2.60. The van der Waals surface area contributed by atoms with Crippen molar-refractivity contribution in [3.8, 4) is 0 Å². The Bertz CT molecular complexity index is 738. The highest BCUT2D eigenvalue weighted by atomic mass is 35.5. The van der Waals surface area contributed by atoms with Crippen LogP contribution in [0.2, 0.25) is 0 Å². The van der Waals surface area contributed by atoms with Gasteiger partial charge in [-0.2, -0.15) is 0 Å². The quantitative estimate of drug-likeness (QED) is 0.692. The van der Waals surface area contributed by atoms with Gasteiger partial charge in [0.2, 0.25) is 5.91 Å². The first-order valence-electron chi connectivity index (χ1n) is 8.07. The molecule has 0 saturated carbocycles. The molecule has 7 heteroatoms. The molecule has 0 aromatic heterocycles. The number of benzene rings is 2. The lowest BCUT2D eigenvalue weighted by molar-refractivity contribution is -0.124. The van der Waals surface area contributed by atoms with E-state index in [0.717, 1.165) is 5.56 Å². The normalized spacial score (nSPS) is 11.2. The summed E-state index contributed by atoms with van der Waals surface area (Å²) >= 11 is 0. The summed E-state index contributed by atoms with van der Waals surface area (Å²) in [5.41, 5.74) is 1.87. The molecule has 0 fully saturated rings. The van der Waals surface area contributed by atoms with E-state index >= 15 is 0 Å². The predicted octanol–water partition coefficient (Wildman–Crippen LogP) is 2.97. The van der Waals surface area contributed by atoms with Crippen molar-refractivity contribution in [2.75, 3.05) is 18.9 Å². The average molecular weight is 380 g/mol. The van der Waals surface area contributed by atoms with Gasteiger partial charge in [-0.3, -0.25) is 9.59 Å². The molecule has 0 heterocycles. The minimum absolute atomic E-state index is 0. The van der Waals surface area contributed by atoms with Gasteiger partial charge in [0, 0.05) is 30.3 Å². The van der Waals surface area contributed by atoms with E-state index in [9.17, 15) is 14.0 Å². The lowest BCUT2D eigenvalue weighted by atomic mass is 10.1. The van der Waals surface area contributed by atoms with Crippen molar-refractivity contribution in [2.45, 2.75) is 13.5 Å². The Morgan fingerprint density at radius 1 is 1.12 bits per heavy atom. The molecule has 0 bridgehead atoms. The Morgan fingerprint density at radius 2 is 1.81 bits per heavy atom. The minimum Gasteiger partial charge on any atom is -0.352 e. The second-order valence-electron chi connectivity index (χ2n) is 5.84. The maximum Gasteiger partial charge on any atom is 0.255 e. The van der Waals surface area contributed by atoms with E-state index in [1.165, 1.54) is 24.3 Å². The predicted molar refractivity (Wildman–Crippen MR) is 103 cm³/mol. The summed E-state index contributed by atoms with van der Waals surface area (Å²) in [6.45, 7) is 2.85. The molecule has 3 N–H and O–H groups in total. The second kappa shape index (κ2) is 10.5. The number of hydrogen-bond acceptors (Lipinski definition) is 3. The molecule has 0 radical (unpaired) electrons. The fourth-order valence-corrected chi connectivity index (χ4v) is 2.33. The molecule has 0 spiro atoms. The summed E-state index contributed by atoms with van der Waals surface area (Å²) in [7, 11) is 1.80. The summed E-state index contributed by atoms with van der Waals surface area (Å²) in [4.78, 5) is 24.1. The summed E-state index contributed by atoms with van der Waals surface area (Å²) in [6, 6.07) is 12.6. The zero-order valence-electron chi connectivity index (χ0n) is 14.7. The van der Waals surface area contributed by atoms with Gasteiger partial charge in [0.05, 0.1) is 0 Å². The molecule has 2 aromatic rings. The van der Waals surface area contributed by atoms with Crippen LogP contribution in [-0.4, -0.2) is 25.4 Å². The molecule has 1 unspecified atom stereocenters. The molecule has 0 aliphatic rings. The molecule has 2 aromatic carbocycles. The van der Waals surface area contributed by atoms with Crippen LogP contribution in [0.1, 0.15) is 22.8 Å². The van der Waals surface area contributed by atoms with Gasteiger partial charge in [0.15, 0.2) is 0 Å². The fourth-order valence-electron chi connectivity index (χ4n) is 2.33. The zero-order valence-corrected chi connectivity index (χ0v) is 15.5. The number of hydrogen-bond donors (Lipinski definition) is 3. The van der Waals surface area contributed by atoms with Crippen molar-refractivity contribution in [3.05, 3.63) is 65.5 Å². The monoisotopic (exact) mass is 379 g/mol. The standard InChI is InChI=1S/C19H22FN3O2.ClH/c1-13(11-21-2)18(24)22-12-14-4-3-5-17(10-14)23-19(25)15-6-8-16(20)9-7-15;/h3-10,13,21H,11-12H2,1-2H3,(H,22,24)(H,23,25);1H. The summed E-state index contributed by atoms with van der Waals surface area (Å²) in [6.07, 6.45) is 0. The summed E-state index contributed by atoms with van der Waals surface area (Å²) < 4.78 is 12.9. The van der Waals surface area contributed by atoms with Gasteiger partial charge >= 0.3 is 0 Å². The maximum atomic E-state index is 12.9. The van der Waals surface area contributed by atoms with Crippen LogP contribution < -0.4 is 16.0 Å². The number of anilines is 1. The molecule has 140 valence electrons. The van der Waals surface area contributed by atoms with Crippen LogP contribution in [0.5, 0.6) is 0 Å². The smallest absolute Gasteiger partial charge is 0.255 e. The van der Waals surface area contributed by atoms with Crippen LogP contribution in [0.3, 0.4) is 0 Å². The molecular weight excluding hydrogens is 357 g/mol. The molecule has 5 nitrogen and oxygen atoms in total. The number of carbonyl (C=O) groups is 2. The first-order valence-corrected chi connectivity index (χ1v) is 8.07. The molecular formula is C19H23ClFN3O2. The van der Waals surface area contributed by atoms with Crippen molar-refractivity contribution >= 4 is 29.9 Å². The van der Waals surface area contributed by atoms with Crippen molar-refractivity contribution in [2.24, 2.45) is 5.92 Å². The van der Waals surface area contributed by atoms with Crippen molar-refractivity contribution < 1.29 is 14.0 Å². The van der Waals surface area contributed by atoms with Gasteiger partial charge in [0.1, 0.15) is 5.82 Å². The molecule has 0 saturated heterocycles. The molecule has 1 atom stereocenters. The Labute approximate surface area is 158 Å². The highest BCUT2D eigenvalue weighted by molar-refractivity contribution is 6.04. The van der Waals surface area contributed by atoms with Crippen LogP contribution in [-0.2, 0) is 11.3 Å². The third kappa shape index (κ3) is 6.46. The third-order valence-electron chi connectivity index (χ3n) is 3.72. The lowest BCUT2D eigenvalue weighted by Crippen LogP contribution is -2.33. The van der Waals surface area contributed by atoms with Crippen LogP contribution in [0.4, 0.5) is 10.1 Å². The molecule has 2 rings (SSSR count). The van der Waals surface area contributed by atoms with E-state index < -0.39 is 0 Å². The van der Waals surface area contributed by atoms with E-state index in [1.807, 2.05) is 13.0 Å². The van der Waals surface area contributed by atoms with Crippen LogP contribution in [0.25, 0.3) is 0 Å². The van der Waals surface area contributed by atoms with Crippen LogP contribution in [0.15, 0.2) is 48.5 Å². The van der Waals surface area contributed by atoms with Crippen LogP contribution in [0, 0.1) is 11.7 Å². The number of nitrogens with one attached hydrogen (secondary N) is 3. The Balaban J connectivity index is 0.00000338. The van der Waals surface area contributed by atoms with Gasteiger partial charge in [-0.05, 0) is 49.0 Å². The fraction of sp³-hybridized carbons (Fsp3) is 0.263. The van der Waals surface area contributed by atoms with E-state index in [-0.39, 0.29) is 36.0 Å². The van der Waals surface area contributed by atoms with Crippen LogP contribution >= 0.6 is 12.4 Å². The summed E-state index contributed by atoms with van der Waals surface area (Å²) in [5, 5.41) is 8.60. The van der Waals surface area contributed by atoms with Gasteiger partial charge in [-0.25, -0.2) is 4.39 Å². The Morgan fingerprint density at radius 3 is 2.46 bits per heavy atom. The van der Waals surface area contributed by atoms with E-state index in [1.54, 1.807) is 25.2 Å². The van der Waals surface area contributed by atoms with Crippen molar-refractivity contribution in [1.82, 2.24) is 10.6 Å². The Kier molecular flexibility index (Phi) is 8.75. The maximum absolute atomic E-state index is 12.9. The minimum atomic E-state index is -0.387. The summed E-state index contributed by atoms with van der Waals surface area (Å²) in [5.74, 6) is -0.855. The number of carbonyl (C=O) groups excluding carboxylic acids is 2. The number of amides is 2. The molecule has 0 aliphatic carbocycles. The van der Waals surface area contributed by atoms with Gasteiger partial charge < -0.3 is 16.0 Å². The van der Waals surface area contributed by atoms with Crippen molar-refractivity contribution in [1.29, 1.82) is 0 Å². The largest absolute Gasteiger partial charge is 0.352 e. The number of halogens is 2. The zero-order chi connectivity index (χ0) is 18.2. The van der Waals surface area contributed by atoms with E-state index in [0.29, 0.717) is 24.3 Å². The van der Waals surface area contributed by atoms with Gasteiger partial charge in [0.25, 0.3) is 5.91 Å². The molecule has 26 heavy (non-hydrogen) atoms. The third-order valence-corrected chi connectivity index (χ3v) is 3.72. The number of rotatable bonds is 7. The van der Waals surface area contributed by atoms with Crippen molar-refractivity contribution in [3.63, 3.8) is 0 Å². The highest BCUT2D eigenvalue weighted by Gasteiger charge is 2.11. The highest BCUT2D eigenvalue weighted by Crippen LogP contribution is 2.13. The Hall–Kier alpha value is -2.44. The second-order valence-corrected chi connectivity index (χ2v) is 5.84. The molecule has 2 amide bonds. The van der Waals surface area contributed by atoms with E-state index in [2.05, 4.69) is 16.0 Å². The van der Waals surface area contributed by atoms with Gasteiger partial charge in [-0.1, -0.05) is 19.1 Å². The first kappa shape index (κ1) is 21.6. The lowest BCUT2D eigenvalue weighted by Gasteiger charge is -2.12.